The van der Waals surface area contributed by atoms with Gasteiger partial charge in [-0.1, -0.05) is 6.92 Å². The summed E-state index contributed by atoms with van der Waals surface area (Å²) in [5.41, 5.74) is 1.50. The SMILES string of the molecule is CCc1sc(C(=O)OC(C)C(=O)Nc2cc(OC)ccc2OC)cc1C. The van der Waals surface area contributed by atoms with Gasteiger partial charge in [-0.3, -0.25) is 4.79 Å². The normalized spacial score (nSPS) is 11.6. The quantitative estimate of drug-likeness (QED) is 0.743. The number of anilines is 1. The molecule has 0 aliphatic carbocycles. The van der Waals surface area contributed by atoms with Crippen LogP contribution in [-0.2, 0) is 16.0 Å². The van der Waals surface area contributed by atoms with Crippen molar-refractivity contribution in [1.29, 1.82) is 0 Å². The maximum absolute atomic E-state index is 12.4. The molecule has 0 aliphatic heterocycles. The Kier molecular flexibility index (Phi) is 6.63. The fourth-order valence-corrected chi connectivity index (χ4v) is 3.39. The van der Waals surface area contributed by atoms with Crippen LogP contribution in [0, 0.1) is 6.92 Å². The summed E-state index contributed by atoms with van der Waals surface area (Å²) < 4.78 is 15.7. The molecule has 1 aromatic carbocycles. The van der Waals surface area contributed by atoms with E-state index in [4.69, 9.17) is 14.2 Å². The van der Waals surface area contributed by atoms with E-state index < -0.39 is 18.0 Å². The number of nitrogens with one attached hydrogen (secondary N) is 1. The lowest BCUT2D eigenvalue weighted by molar-refractivity contribution is -0.123. The van der Waals surface area contributed by atoms with E-state index in [2.05, 4.69) is 5.32 Å². The third-order valence-electron chi connectivity index (χ3n) is 3.86. The zero-order valence-corrected chi connectivity index (χ0v) is 16.4. The van der Waals surface area contributed by atoms with Gasteiger partial charge in [-0.15, -0.1) is 11.3 Å². The van der Waals surface area contributed by atoms with E-state index in [1.807, 2.05) is 13.8 Å². The largest absolute Gasteiger partial charge is 0.497 e. The standard InChI is InChI=1S/C19H23NO5S/c1-6-16-11(2)9-17(26-16)19(22)25-12(3)18(21)20-14-10-13(23-4)7-8-15(14)24-5/h7-10,12H,6H2,1-5H3,(H,20,21). The number of methoxy groups -OCH3 is 2. The number of rotatable bonds is 7. The molecule has 0 saturated carbocycles. The van der Waals surface area contributed by atoms with Crippen molar-refractivity contribution in [2.75, 3.05) is 19.5 Å². The summed E-state index contributed by atoms with van der Waals surface area (Å²) >= 11 is 1.39. The molecular formula is C19H23NO5S. The van der Waals surface area contributed by atoms with Gasteiger partial charge in [0.25, 0.3) is 5.91 Å². The van der Waals surface area contributed by atoms with E-state index in [-0.39, 0.29) is 0 Å². The molecule has 1 atom stereocenters. The fourth-order valence-electron chi connectivity index (χ4n) is 2.39. The number of carbonyl (C=O) groups excluding carboxylic acids is 2. The number of thiophene rings is 1. The predicted molar refractivity (Wildman–Crippen MR) is 101 cm³/mol. The van der Waals surface area contributed by atoms with Crippen LogP contribution in [-0.4, -0.2) is 32.2 Å². The Hall–Kier alpha value is -2.54. The van der Waals surface area contributed by atoms with Crippen LogP contribution in [0.2, 0.25) is 0 Å². The summed E-state index contributed by atoms with van der Waals surface area (Å²) in [6, 6.07) is 6.84. The van der Waals surface area contributed by atoms with Crippen LogP contribution in [0.25, 0.3) is 0 Å². The molecule has 1 amide bonds. The highest BCUT2D eigenvalue weighted by Gasteiger charge is 2.22. The highest BCUT2D eigenvalue weighted by atomic mass is 32.1. The summed E-state index contributed by atoms with van der Waals surface area (Å²) in [4.78, 5) is 26.3. The van der Waals surface area contributed by atoms with Crippen molar-refractivity contribution < 1.29 is 23.8 Å². The molecule has 0 fully saturated rings. The van der Waals surface area contributed by atoms with Crippen LogP contribution in [0.5, 0.6) is 11.5 Å². The summed E-state index contributed by atoms with van der Waals surface area (Å²) in [5, 5.41) is 2.70. The van der Waals surface area contributed by atoms with Crippen molar-refractivity contribution >= 4 is 28.9 Å². The third kappa shape index (κ3) is 4.54. The smallest absolute Gasteiger partial charge is 0.349 e. The molecule has 1 aromatic heterocycles. The van der Waals surface area contributed by atoms with E-state index in [0.717, 1.165) is 16.9 Å². The minimum absolute atomic E-state index is 0.444. The van der Waals surface area contributed by atoms with Crippen LogP contribution >= 0.6 is 11.3 Å². The van der Waals surface area contributed by atoms with Crippen LogP contribution in [0.4, 0.5) is 5.69 Å². The Bertz CT molecular complexity index is 799. The van der Waals surface area contributed by atoms with E-state index in [1.54, 1.807) is 24.3 Å². The van der Waals surface area contributed by atoms with Crippen LogP contribution in [0.1, 0.15) is 34.0 Å². The second-order valence-corrected chi connectivity index (χ2v) is 6.81. The van der Waals surface area contributed by atoms with Gasteiger partial charge in [0.15, 0.2) is 6.10 Å². The van der Waals surface area contributed by atoms with E-state index in [9.17, 15) is 9.59 Å². The predicted octanol–water partition coefficient (Wildman–Crippen LogP) is 3.82. The maximum Gasteiger partial charge on any atom is 0.349 e. The molecule has 6 nitrogen and oxygen atoms in total. The average molecular weight is 377 g/mol. The zero-order valence-electron chi connectivity index (χ0n) is 15.5. The Balaban J connectivity index is 2.06. The van der Waals surface area contributed by atoms with Gasteiger partial charge in [-0.05, 0) is 44.0 Å². The molecule has 2 aromatic rings. The topological polar surface area (TPSA) is 73.9 Å². The van der Waals surface area contributed by atoms with E-state index >= 15 is 0 Å². The Morgan fingerprint density at radius 3 is 2.50 bits per heavy atom. The maximum atomic E-state index is 12.4. The Morgan fingerprint density at radius 1 is 1.19 bits per heavy atom. The molecule has 0 aliphatic rings. The van der Waals surface area contributed by atoms with Gasteiger partial charge in [0, 0.05) is 10.9 Å². The van der Waals surface area contributed by atoms with Gasteiger partial charge in [-0.2, -0.15) is 0 Å². The van der Waals surface area contributed by atoms with Crippen LogP contribution < -0.4 is 14.8 Å². The number of amides is 1. The Morgan fingerprint density at radius 2 is 1.92 bits per heavy atom. The first-order chi connectivity index (χ1) is 12.4. The number of esters is 1. The zero-order chi connectivity index (χ0) is 19.3. The van der Waals surface area contributed by atoms with Crippen molar-refractivity contribution in [3.05, 3.63) is 39.6 Å². The minimum Gasteiger partial charge on any atom is -0.497 e. The number of carbonyl (C=O) groups is 2. The van der Waals surface area contributed by atoms with Crippen molar-refractivity contribution in [3.8, 4) is 11.5 Å². The third-order valence-corrected chi connectivity index (χ3v) is 5.22. The lowest BCUT2D eigenvalue weighted by Gasteiger charge is -2.15. The van der Waals surface area contributed by atoms with Gasteiger partial charge in [0.1, 0.15) is 16.4 Å². The number of hydrogen-bond acceptors (Lipinski definition) is 6. The van der Waals surface area contributed by atoms with Crippen molar-refractivity contribution in [2.45, 2.75) is 33.3 Å². The molecular weight excluding hydrogens is 354 g/mol. The molecule has 0 bridgehead atoms. The highest BCUT2D eigenvalue weighted by Crippen LogP contribution is 2.29. The van der Waals surface area contributed by atoms with Crippen molar-refractivity contribution in [1.82, 2.24) is 0 Å². The summed E-state index contributed by atoms with van der Waals surface area (Å²) in [5.74, 6) is 0.109. The number of ether oxygens (including phenoxy) is 3. The fraction of sp³-hybridized carbons (Fsp3) is 0.368. The molecule has 140 valence electrons. The van der Waals surface area contributed by atoms with Gasteiger partial charge >= 0.3 is 5.97 Å². The summed E-state index contributed by atoms with van der Waals surface area (Å²) in [6.07, 6.45) is -0.0963. The molecule has 0 spiro atoms. The molecule has 0 saturated heterocycles. The van der Waals surface area contributed by atoms with Gasteiger partial charge in [-0.25, -0.2) is 4.79 Å². The molecule has 2 rings (SSSR count). The molecule has 7 heteroatoms. The van der Waals surface area contributed by atoms with E-state index in [0.29, 0.717) is 22.1 Å². The van der Waals surface area contributed by atoms with Gasteiger partial charge in [0.2, 0.25) is 0 Å². The lowest BCUT2D eigenvalue weighted by atomic mass is 10.2. The molecule has 1 heterocycles. The second-order valence-electron chi connectivity index (χ2n) is 5.67. The first kappa shape index (κ1) is 19.8. The summed E-state index contributed by atoms with van der Waals surface area (Å²) in [7, 11) is 3.04. The van der Waals surface area contributed by atoms with Crippen molar-refractivity contribution in [2.24, 2.45) is 0 Å². The van der Waals surface area contributed by atoms with Gasteiger partial charge in [0.05, 0.1) is 19.9 Å². The highest BCUT2D eigenvalue weighted by molar-refractivity contribution is 7.14. The van der Waals surface area contributed by atoms with Gasteiger partial charge < -0.3 is 19.5 Å². The monoisotopic (exact) mass is 377 g/mol. The van der Waals surface area contributed by atoms with Crippen LogP contribution in [0.15, 0.2) is 24.3 Å². The number of benzene rings is 1. The Labute approximate surface area is 157 Å². The number of hydrogen-bond donors (Lipinski definition) is 1. The van der Waals surface area contributed by atoms with Crippen molar-refractivity contribution in [3.63, 3.8) is 0 Å². The van der Waals surface area contributed by atoms with E-state index in [1.165, 1.54) is 32.5 Å². The first-order valence-corrected chi connectivity index (χ1v) is 9.04. The average Bonchev–Trinajstić information content (AvgIpc) is 3.02. The summed E-state index contributed by atoms with van der Waals surface area (Å²) in [6.45, 7) is 5.52. The minimum atomic E-state index is -0.953. The molecule has 26 heavy (non-hydrogen) atoms. The second kappa shape index (κ2) is 8.71. The van der Waals surface area contributed by atoms with Crippen LogP contribution in [0.3, 0.4) is 0 Å². The number of aryl methyl sites for hydroxylation is 2. The molecule has 0 radical (unpaired) electrons. The first-order valence-electron chi connectivity index (χ1n) is 8.22. The lowest BCUT2D eigenvalue weighted by Crippen LogP contribution is -2.30. The molecule has 1 unspecified atom stereocenters. The molecule has 1 N–H and O–H groups in total.